The van der Waals surface area contributed by atoms with Crippen LogP contribution in [-0.2, 0) is 11.3 Å². The summed E-state index contributed by atoms with van der Waals surface area (Å²) in [5, 5.41) is 13.5. The highest BCUT2D eigenvalue weighted by atomic mass is 19.1. The Kier molecular flexibility index (Phi) is 6.12. The number of halogens is 1. The van der Waals surface area contributed by atoms with Gasteiger partial charge in [0.1, 0.15) is 11.9 Å². The van der Waals surface area contributed by atoms with Gasteiger partial charge in [-0.05, 0) is 59.7 Å². The highest BCUT2D eigenvalue weighted by Gasteiger charge is 2.34. The molecule has 2 aromatic carbocycles. The molecule has 2 fully saturated rings. The summed E-state index contributed by atoms with van der Waals surface area (Å²) in [7, 11) is 0. The van der Waals surface area contributed by atoms with E-state index in [9.17, 15) is 9.18 Å². The molecule has 12 heteroatoms. The second-order valence-corrected chi connectivity index (χ2v) is 10.1. The molecule has 0 bridgehead atoms. The highest BCUT2D eigenvalue weighted by Crippen LogP contribution is 2.36. The second-order valence-electron chi connectivity index (χ2n) is 10.1. The molecule has 5 heterocycles. The number of benzene rings is 2. The summed E-state index contributed by atoms with van der Waals surface area (Å²) in [6.45, 7) is 4.15. The Hall–Kier alpha value is -4.03. The molecule has 39 heavy (non-hydrogen) atoms. The summed E-state index contributed by atoms with van der Waals surface area (Å²) >= 11 is 0. The molecule has 4 aromatic rings. The van der Waals surface area contributed by atoms with Gasteiger partial charge in [0.2, 0.25) is 6.79 Å². The molecular formula is C27H28FN7O4. The molecule has 2 saturated heterocycles. The van der Waals surface area contributed by atoms with Crippen molar-refractivity contribution in [2.24, 2.45) is 0 Å². The Morgan fingerprint density at radius 1 is 1.05 bits per heavy atom. The summed E-state index contributed by atoms with van der Waals surface area (Å²) in [6, 6.07) is 11.6. The van der Waals surface area contributed by atoms with Crippen molar-refractivity contribution in [3.63, 3.8) is 0 Å². The number of hydrogen-bond donors (Lipinski definition) is 1. The van der Waals surface area contributed by atoms with E-state index in [-0.39, 0.29) is 24.3 Å². The van der Waals surface area contributed by atoms with Crippen molar-refractivity contribution in [3.8, 4) is 11.5 Å². The quantitative estimate of drug-likeness (QED) is 0.400. The zero-order chi connectivity index (χ0) is 26.3. The van der Waals surface area contributed by atoms with Crippen LogP contribution in [0.5, 0.6) is 11.5 Å². The second kappa shape index (κ2) is 9.93. The number of ether oxygens (including phenoxy) is 3. The maximum Gasteiger partial charge on any atom is 0.253 e. The first-order valence-corrected chi connectivity index (χ1v) is 13.2. The topological polar surface area (TPSA) is 111 Å². The first kappa shape index (κ1) is 24.0. The standard InChI is InChI=1S/C27H28FN7O4/c28-18-3-5-19(6-4-18)33-7-9-34(10-8-33)25(26-30-31-32-35(26)15-20-2-1-11-37-20)21-12-17-13-23-24(39-16-38-23)14-22(17)29-27(21)36/h3-6,12-14,20,25H,1-2,7-11,15-16H2,(H,29,36)/t20-,25+/m0/s1. The third-order valence-corrected chi connectivity index (χ3v) is 7.74. The molecule has 202 valence electrons. The number of aromatic amines is 1. The van der Waals surface area contributed by atoms with Gasteiger partial charge < -0.3 is 24.1 Å². The van der Waals surface area contributed by atoms with E-state index >= 15 is 0 Å². The molecule has 0 radical (unpaired) electrons. The van der Waals surface area contributed by atoms with Gasteiger partial charge in [0, 0.05) is 55.5 Å². The van der Waals surface area contributed by atoms with Gasteiger partial charge in [0.15, 0.2) is 17.3 Å². The summed E-state index contributed by atoms with van der Waals surface area (Å²) < 4.78 is 32.2. The third-order valence-electron chi connectivity index (χ3n) is 7.74. The monoisotopic (exact) mass is 533 g/mol. The van der Waals surface area contributed by atoms with E-state index in [1.807, 2.05) is 12.1 Å². The van der Waals surface area contributed by atoms with E-state index in [1.165, 1.54) is 12.1 Å². The van der Waals surface area contributed by atoms with E-state index in [0.29, 0.717) is 61.1 Å². The van der Waals surface area contributed by atoms with Crippen LogP contribution in [0.4, 0.5) is 10.1 Å². The van der Waals surface area contributed by atoms with Crippen LogP contribution in [0.1, 0.15) is 30.3 Å². The molecule has 1 N–H and O–H groups in total. The predicted octanol–water partition coefficient (Wildman–Crippen LogP) is 2.47. The van der Waals surface area contributed by atoms with Gasteiger partial charge in [-0.25, -0.2) is 9.07 Å². The number of pyridine rings is 1. The Morgan fingerprint density at radius 2 is 1.85 bits per heavy atom. The molecule has 2 atom stereocenters. The van der Waals surface area contributed by atoms with E-state index in [4.69, 9.17) is 14.2 Å². The van der Waals surface area contributed by atoms with E-state index < -0.39 is 6.04 Å². The number of aromatic nitrogens is 5. The number of piperazine rings is 1. The Bertz CT molecular complexity index is 1540. The molecule has 7 rings (SSSR count). The summed E-state index contributed by atoms with van der Waals surface area (Å²) in [6.07, 6.45) is 2.00. The lowest BCUT2D eigenvalue weighted by Gasteiger charge is -2.39. The van der Waals surface area contributed by atoms with E-state index in [2.05, 4.69) is 30.3 Å². The zero-order valence-electron chi connectivity index (χ0n) is 21.3. The molecule has 0 saturated carbocycles. The molecule has 0 aliphatic carbocycles. The maximum atomic E-state index is 13.6. The normalized spacial score (nSPS) is 20.1. The highest BCUT2D eigenvalue weighted by molar-refractivity contribution is 5.83. The molecule has 0 spiro atoms. The van der Waals surface area contributed by atoms with Gasteiger partial charge in [-0.15, -0.1) is 5.10 Å². The number of anilines is 1. The number of hydrogen-bond acceptors (Lipinski definition) is 9. The number of H-pyrrole nitrogens is 1. The SMILES string of the molecule is O=c1[nH]c2cc3c(cc2cc1[C@H](c1nnnn1C[C@@H]1CCCO1)N1CCN(c2ccc(F)cc2)CC1)OCO3. The van der Waals surface area contributed by atoms with Crippen molar-refractivity contribution < 1.29 is 18.6 Å². The lowest BCUT2D eigenvalue weighted by atomic mass is 10.0. The van der Waals surface area contributed by atoms with Crippen LogP contribution in [0.15, 0.2) is 47.3 Å². The van der Waals surface area contributed by atoms with E-state index in [0.717, 1.165) is 30.5 Å². The zero-order valence-corrected chi connectivity index (χ0v) is 21.3. The Morgan fingerprint density at radius 3 is 2.62 bits per heavy atom. The van der Waals surface area contributed by atoms with Crippen LogP contribution >= 0.6 is 0 Å². The Labute approximate surface area is 223 Å². The summed E-state index contributed by atoms with van der Waals surface area (Å²) in [5.41, 5.74) is 1.99. The van der Waals surface area contributed by atoms with Crippen LogP contribution in [0.3, 0.4) is 0 Å². The van der Waals surface area contributed by atoms with Crippen LogP contribution < -0.4 is 19.9 Å². The minimum Gasteiger partial charge on any atom is -0.454 e. The van der Waals surface area contributed by atoms with Crippen molar-refractivity contribution in [2.75, 3.05) is 44.5 Å². The smallest absolute Gasteiger partial charge is 0.253 e. The molecule has 11 nitrogen and oxygen atoms in total. The summed E-state index contributed by atoms with van der Waals surface area (Å²) in [4.78, 5) is 21.1. The molecule has 0 unspecified atom stereocenters. The van der Waals surface area contributed by atoms with Crippen molar-refractivity contribution >= 4 is 16.6 Å². The lowest BCUT2D eigenvalue weighted by Crippen LogP contribution is -2.49. The average Bonchev–Trinajstić information content (AvgIpc) is 3.72. The molecule has 3 aliphatic heterocycles. The minimum absolute atomic E-state index is 0.0397. The van der Waals surface area contributed by atoms with Gasteiger partial charge in [-0.2, -0.15) is 0 Å². The number of rotatable bonds is 6. The number of nitrogens with zero attached hydrogens (tertiary/aromatic N) is 6. The van der Waals surface area contributed by atoms with Crippen LogP contribution in [0, 0.1) is 5.82 Å². The number of fused-ring (bicyclic) bond motifs is 2. The number of nitrogens with one attached hydrogen (secondary N) is 1. The van der Waals surface area contributed by atoms with Gasteiger partial charge >= 0.3 is 0 Å². The minimum atomic E-state index is -0.477. The fourth-order valence-corrected chi connectivity index (χ4v) is 5.72. The Balaban J connectivity index is 1.25. The van der Waals surface area contributed by atoms with Crippen molar-refractivity contribution in [2.45, 2.75) is 31.5 Å². The van der Waals surface area contributed by atoms with Crippen molar-refractivity contribution in [1.82, 2.24) is 30.1 Å². The third kappa shape index (κ3) is 4.59. The van der Waals surface area contributed by atoms with Crippen molar-refractivity contribution in [1.29, 1.82) is 0 Å². The number of tetrazole rings is 1. The predicted molar refractivity (Wildman–Crippen MR) is 140 cm³/mol. The molecule has 2 aromatic heterocycles. The van der Waals surface area contributed by atoms with Crippen molar-refractivity contribution in [3.05, 3.63) is 70.0 Å². The molecular weight excluding hydrogens is 505 g/mol. The molecule has 0 amide bonds. The van der Waals surface area contributed by atoms with E-state index in [1.54, 1.807) is 22.9 Å². The van der Waals surface area contributed by atoms with Crippen LogP contribution in [0.2, 0.25) is 0 Å². The molecule has 3 aliphatic rings. The van der Waals surface area contributed by atoms with Crippen LogP contribution in [0.25, 0.3) is 10.9 Å². The lowest BCUT2D eigenvalue weighted by molar-refractivity contribution is 0.0906. The van der Waals surface area contributed by atoms with Gasteiger partial charge in [-0.1, -0.05) is 0 Å². The fourth-order valence-electron chi connectivity index (χ4n) is 5.72. The summed E-state index contributed by atoms with van der Waals surface area (Å²) in [5.74, 6) is 1.60. The van der Waals surface area contributed by atoms with Gasteiger partial charge in [0.25, 0.3) is 5.56 Å². The van der Waals surface area contributed by atoms with Gasteiger partial charge in [0.05, 0.1) is 18.2 Å². The first-order valence-electron chi connectivity index (χ1n) is 13.2. The first-order chi connectivity index (χ1) is 19.1. The fraction of sp³-hybridized carbons (Fsp3) is 0.407. The van der Waals surface area contributed by atoms with Gasteiger partial charge in [-0.3, -0.25) is 9.69 Å². The maximum absolute atomic E-state index is 13.6. The van der Waals surface area contributed by atoms with Crippen LogP contribution in [-0.4, -0.2) is 75.8 Å². The largest absolute Gasteiger partial charge is 0.454 e. The average molecular weight is 534 g/mol.